The molecule has 2 atom stereocenters. The lowest BCUT2D eigenvalue weighted by molar-refractivity contribution is -0.201. The molecule has 2 unspecified atom stereocenters. The maximum atomic E-state index is 13.1. The van der Waals surface area contributed by atoms with Crippen molar-refractivity contribution in [2.75, 3.05) is 32.8 Å². The number of carbonyl (C=O) groups excluding carboxylic acids is 1. The molecule has 2 aromatic carbocycles. The molecule has 30 heavy (non-hydrogen) atoms. The maximum absolute atomic E-state index is 13.1. The lowest BCUT2D eigenvalue weighted by Gasteiger charge is -2.47. The van der Waals surface area contributed by atoms with Gasteiger partial charge in [0, 0.05) is 19.7 Å². The first kappa shape index (κ1) is 21.0. The van der Waals surface area contributed by atoms with E-state index in [-0.39, 0.29) is 23.7 Å². The Balaban J connectivity index is 1.46. The van der Waals surface area contributed by atoms with Crippen LogP contribution in [-0.4, -0.2) is 55.4 Å². The van der Waals surface area contributed by atoms with E-state index in [0.29, 0.717) is 13.2 Å². The number of nitrogens with zero attached hydrogens (tertiary/aromatic N) is 1. The highest BCUT2D eigenvalue weighted by molar-refractivity contribution is 5.79. The van der Waals surface area contributed by atoms with Crippen molar-refractivity contribution in [3.05, 3.63) is 71.8 Å². The van der Waals surface area contributed by atoms with Crippen molar-refractivity contribution >= 4 is 5.91 Å². The molecule has 0 aliphatic carbocycles. The van der Waals surface area contributed by atoms with Crippen LogP contribution in [-0.2, 0) is 14.3 Å². The fourth-order valence-corrected chi connectivity index (χ4v) is 4.63. The van der Waals surface area contributed by atoms with Crippen molar-refractivity contribution in [1.82, 2.24) is 10.2 Å². The standard InChI is InChI=1S/C25H32N2O3/c1-2-22-16-27(18-25(30-22)14-9-15-29-19-25)17-23(28)26-24(20-10-5-3-6-11-20)21-12-7-4-8-13-21/h3-8,10-13,22,24H,2,9,14-19H2,1H3,(H,26,28). The molecule has 4 rings (SSSR count). The minimum Gasteiger partial charge on any atom is -0.378 e. The Morgan fingerprint density at radius 3 is 2.37 bits per heavy atom. The molecular formula is C25H32N2O3. The summed E-state index contributed by atoms with van der Waals surface area (Å²) in [5.41, 5.74) is 1.90. The predicted octanol–water partition coefficient (Wildman–Crippen LogP) is 3.55. The molecule has 2 saturated heterocycles. The maximum Gasteiger partial charge on any atom is 0.234 e. The molecule has 0 saturated carbocycles. The highest BCUT2D eigenvalue weighted by atomic mass is 16.6. The van der Waals surface area contributed by atoms with Gasteiger partial charge in [-0.3, -0.25) is 9.69 Å². The summed E-state index contributed by atoms with van der Waals surface area (Å²) in [7, 11) is 0. The Hall–Kier alpha value is -2.21. The molecular weight excluding hydrogens is 376 g/mol. The van der Waals surface area contributed by atoms with E-state index >= 15 is 0 Å². The number of morpholine rings is 1. The van der Waals surface area contributed by atoms with Crippen LogP contribution in [0.3, 0.4) is 0 Å². The predicted molar refractivity (Wildman–Crippen MR) is 117 cm³/mol. The lowest BCUT2D eigenvalue weighted by atomic mass is 9.93. The second-order valence-electron chi connectivity index (χ2n) is 8.48. The Kier molecular flexibility index (Phi) is 6.82. The molecule has 2 fully saturated rings. The molecule has 2 heterocycles. The first-order valence-electron chi connectivity index (χ1n) is 11.0. The molecule has 160 valence electrons. The van der Waals surface area contributed by atoms with Crippen LogP contribution in [0.25, 0.3) is 0 Å². The summed E-state index contributed by atoms with van der Waals surface area (Å²) >= 11 is 0. The van der Waals surface area contributed by atoms with Gasteiger partial charge in [-0.1, -0.05) is 67.6 Å². The Morgan fingerprint density at radius 2 is 1.80 bits per heavy atom. The van der Waals surface area contributed by atoms with Crippen molar-refractivity contribution in [3.63, 3.8) is 0 Å². The quantitative estimate of drug-likeness (QED) is 0.794. The van der Waals surface area contributed by atoms with Gasteiger partial charge >= 0.3 is 0 Å². The van der Waals surface area contributed by atoms with E-state index in [1.165, 1.54) is 0 Å². The van der Waals surface area contributed by atoms with Crippen molar-refractivity contribution in [2.24, 2.45) is 0 Å². The van der Waals surface area contributed by atoms with Crippen LogP contribution in [0.4, 0.5) is 0 Å². The van der Waals surface area contributed by atoms with Crippen LogP contribution in [0.15, 0.2) is 60.7 Å². The number of hydrogen-bond acceptors (Lipinski definition) is 4. The zero-order valence-corrected chi connectivity index (χ0v) is 17.8. The fourth-order valence-electron chi connectivity index (χ4n) is 4.63. The smallest absolute Gasteiger partial charge is 0.234 e. The van der Waals surface area contributed by atoms with E-state index in [9.17, 15) is 4.79 Å². The molecule has 0 aromatic heterocycles. The average Bonchev–Trinajstić information content (AvgIpc) is 2.79. The molecule has 5 nitrogen and oxygen atoms in total. The van der Waals surface area contributed by atoms with Crippen LogP contribution in [0.2, 0.25) is 0 Å². The van der Waals surface area contributed by atoms with Gasteiger partial charge in [0.2, 0.25) is 5.91 Å². The van der Waals surface area contributed by atoms with E-state index in [1.54, 1.807) is 0 Å². The largest absolute Gasteiger partial charge is 0.378 e. The second kappa shape index (κ2) is 9.73. The van der Waals surface area contributed by atoms with E-state index in [4.69, 9.17) is 9.47 Å². The summed E-state index contributed by atoms with van der Waals surface area (Å²) in [4.78, 5) is 15.4. The van der Waals surface area contributed by atoms with Gasteiger partial charge in [0.05, 0.1) is 25.3 Å². The summed E-state index contributed by atoms with van der Waals surface area (Å²) in [5.74, 6) is 0.0383. The van der Waals surface area contributed by atoms with Gasteiger partial charge < -0.3 is 14.8 Å². The van der Waals surface area contributed by atoms with Gasteiger partial charge in [-0.05, 0) is 30.4 Å². The number of amides is 1. The molecule has 5 heteroatoms. The molecule has 1 amide bonds. The SMILES string of the molecule is CCC1CN(CC(=O)NC(c2ccccc2)c2ccccc2)CC2(CCCOC2)O1. The monoisotopic (exact) mass is 408 g/mol. The third kappa shape index (κ3) is 5.09. The van der Waals surface area contributed by atoms with Crippen LogP contribution < -0.4 is 5.32 Å². The van der Waals surface area contributed by atoms with Crippen LogP contribution >= 0.6 is 0 Å². The van der Waals surface area contributed by atoms with Gasteiger partial charge in [-0.15, -0.1) is 0 Å². The van der Waals surface area contributed by atoms with E-state index in [1.807, 2.05) is 36.4 Å². The van der Waals surface area contributed by atoms with E-state index in [0.717, 1.165) is 50.1 Å². The Labute approximate surface area is 179 Å². The molecule has 1 N–H and O–H groups in total. The van der Waals surface area contributed by atoms with Crippen LogP contribution in [0, 0.1) is 0 Å². The number of nitrogens with one attached hydrogen (secondary N) is 1. The molecule has 2 aromatic rings. The summed E-state index contributed by atoms with van der Waals surface area (Å²) in [6.45, 7) is 5.48. The molecule has 1 spiro atoms. The Morgan fingerprint density at radius 1 is 1.13 bits per heavy atom. The van der Waals surface area contributed by atoms with Crippen molar-refractivity contribution in [1.29, 1.82) is 0 Å². The van der Waals surface area contributed by atoms with Gasteiger partial charge in [0.25, 0.3) is 0 Å². The number of hydrogen-bond donors (Lipinski definition) is 1. The minimum absolute atomic E-state index is 0.0383. The summed E-state index contributed by atoms with van der Waals surface area (Å²) in [6, 6.07) is 20.1. The lowest BCUT2D eigenvalue weighted by Crippen LogP contribution is -2.60. The van der Waals surface area contributed by atoms with Gasteiger partial charge in [0.15, 0.2) is 0 Å². The highest BCUT2D eigenvalue weighted by Gasteiger charge is 2.42. The topological polar surface area (TPSA) is 50.8 Å². The summed E-state index contributed by atoms with van der Waals surface area (Å²) in [6.07, 6.45) is 3.10. The first-order chi connectivity index (χ1) is 14.7. The van der Waals surface area contributed by atoms with Gasteiger partial charge in [-0.25, -0.2) is 0 Å². The van der Waals surface area contributed by atoms with E-state index in [2.05, 4.69) is 41.4 Å². The minimum atomic E-state index is -0.268. The van der Waals surface area contributed by atoms with Crippen LogP contribution in [0.1, 0.15) is 43.4 Å². The number of rotatable bonds is 6. The van der Waals surface area contributed by atoms with Crippen molar-refractivity contribution in [3.8, 4) is 0 Å². The average molecular weight is 409 g/mol. The second-order valence-corrected chi connectivity index (χ2v) is 8.48. The van der Waals surface area contributed by atoms with E-state index < -0.39 is 0 Å². The molecule has 2 aliphatic heterocycles. The number of ether oxygens (including phenoxy) is 2. The number of benzene rings is 2. The zero-order chi connectivity index (χ0) is 20.8. The molecule has 0 radical (unpaired) electrons. The fraction of sp³-hybridized carbons (Fsp3) is 0.480. The highest BCUT2D eigenvalue weighted by Crippen LogP contribution is 2.31. The van der Waals surface area contributed by atoms with Crippen LogP contribution in [0.5, 0.6) is 0 Å². The summed E-state index contributed by atoms with van der Waals surface area (Å²) in [5, 5.41) is 3.27. The Bertz CT molecular complexity index is 766. The third-order valence-corrected chi connectivity index (χ3v) is 6.07. The van der Waals surface area contributed by atoms with Crippen molar-refractivity contribution < 1.29 is 14.3 Å². The molecule has 0 bridgehead atoms. The first-order valence-corrected chi connectivity index (χ1v) is 11.0. The normalized spacial score (nSPS) is 24.8. The molecule has 2 aliphatic rings. The zero-order valence-electron chi connectivity index (χ0n) is 17.8. The van der Waals surface area contributed by atoms with Crippen molar-refractivity contribution in [2.45, 2.75) is 43.9 Å². The van der Waals surface area contributed by atoms with Gasteiger partial charge in [0.1, 0.15) is 5.60 Å². The summed E-state index contributed by atoms with van der Waals surface area (Å²) < 4.78 is 12.1. The number of carbonyl (C=O) groups is 1. The van der Waals surface area contributed by atoms with Gasteiger partial charge in [-0.2, -0.15) is 0 Å². The third-order valence-electron chi connectivity index (χ3n) is 6.07.